The van der Waals surface area contributed by atoms with Gasteiger partial charge in [0.1, 0.15) is 17.2 Å². The van der Waals surface area contributed by atoms with E-state index in [2.05, 4.69) is 36.4 Å². The van der Waals surface area contributed by atoms with Crippen molar-refractivity contribution in [2.24, 2.45) is 0 Å². The molecule has 0 aliphatic carbocycles. The average Bonchev–Trinajstić information content (AvgIpc) is 2.87. The highest BCUT2D eigenvalue weighted by Crippen LogP contribution is 2.33. The maximum Gasteiger partial charge on any atom is 0.169 e. The largest absolute Gasteiger partial charge is 0.508 e. The number of aromatic hydroxyl groups is 1. The molecular weight excluding hydrogens is 424 g/mol. The van der Waals surface area contributed by atoms with Gasteiger partial charge in [0.15, 0.2) is 11.5 Å². The van der Waals surface area contributed by atoms with Gasteiger partial charge in [-0.05, 0) is 96.5 Å². The van der Waals surface area contributed by atoms with E-state index in [9.17, 15) is 5.11 Å². The van der Waals surface area contributed by atoms with E-state index >= 15 is 0 Å². The van der Waals surface area contributed by atoms with Crippen molar-refractivity contribution in [1.29, 1.82) is 0 Å². The fourth-order valence-electron chi connectivity index (χ4n) is 3.93. The van der Waals surface area contributed by atoms with Crippen molar-refractivity contribution in [2.75, 3.05) is 14.2 Å². The number of phenolic OH excluding ortho intramolecular Hbond substituents is 1. The first-order valence-corrected chi connectivity index (χ1v) is 11.5. The summed E-state index contributed by atoms with van der Waals surface area (Å²) in [6.45, 7) is 0. The minimum Gasteiger partial charge on any atom is -0.508 e. The van der Waals surface area contributed by atoms with Gasteiger partial charge in [0.2, 0.25) is 0 Å². The summed E-state index contributed by atoms with van der Waals surface area (Å²) in [5, 5.41) is 9.68. The Bertz CT molecular complexity index is 1210. The Labute approximate surface area is 201 Å². The Morgan fingerprint density at radius 2 is 1.15 bits per heavy atom. The predicted octanol–water partition coefficient (Wildman–Crippen LogP) is 6.77. The molecule has 0 aliphatic rings. The van der Waals surface area contributed by atoms with E-state index in [-0.39, 0.29) is 0 Å². The summed E-state index contributed by atoms with van der Waals surface area (Å²) in [5.41, 5.74) is 4.73. The molecule has 34 heavy (non-hydrogen) atoms. The second-order valence-corrected chi connectivity index (χ2v) is 8.25. The summed E-state index contributed by atoms with van der Waals surface area (Å²) in [4.78, 5) is 0. The standard InChI is InChI=1S/C30H30O4/c1-32-27-16-13-22(14-17-27)9-10-25-15-18-29(33-2)30(21-25)34-28-8-4-6-24(20-28)12-11-23-5-3-7-26(31)19-23/h3-8,13-21,31H,9-12H2,1-2H3. The highest BCUT2D eigenvalue weighted by Gasteiger charge is 2.09. The number of ether oxygens (including phenoxy) is 3. The van der Waals surface area contributed by atoms with Crippen LogP contribution in [0.1, 0.15) is 22.3 Å². The number of methoxy groups -OCH3 is 2. The number of phenols is 1. The normalized spacial score (nSPS) is 10.6. The topological polar surface area (TPSA) is 47.9 Å². The van der Waals surface area contributed by atoms with Gasteiger partial charge in [-0.15, -0.1) is 0 Å². The maximum absolute atomic E-state index is 9.68. The Balaban J connectivity index is 1.43. The molecule has 0 heterocycles. The smallest absolute Gasteiger partial charge is 0.169 e. The van der Waals surface area contributed by atoms with Crippen LogP contribution in [0.2, 0.25) is 0 Å². The minimum absolute atomic E-state index is 0.300. The van der Waals surface area contributed by atoms with Crippen molar-refractivity contribution < 1.29 is 19.3 Å². The summed E-state index contributed by atoms with van der Waals surface area (Å²) in [6.07, 6.45) is 3.54. The van der Waals surface area contributed by atoms with Crippen molar-refractivity contribution in [1.82, 2.24) is 0 Å². The van der Waals surface area contributed by atoms with Gasteiger partial charge in [-0.3, -0.25) is 0 Å². The Hall–Kier alpha value is -3.92. The quantitative estimate of drug-likeness (QED) is 0.287. The fourth-order valence-corrected chi connectivity index (χ4v) is 3.93. The van der Waals surface area contributed by atoms with Gasteiger partial charge in [0, 0.05) is 0 Å². The molecule has 0 saturated heterocycles. The average molecular weight is 455 g/mol. The lowest BCUT2D eigenvalue weighted by atomic mass is 10.0. The lowest BCUT2D eigenvalue weighted by molar-refractivity contribution is 0.378. The van der Waals surface area contributed by atoms with Crippen molar-refractivity contribution >= 4 is 0 Å². The van der Waals surface area contributed by atoms with Crippen molar-refractivity contribution in [2.45, 2.75) is 25.7 Å². The summed E-state index contributed by atoms with van der Waals surface area (Å²) in [5.74, 6) is 3.36. The first kappa shape index (κ1) is 23.2. The minimum atomic E-state index is 0.300. The van der Waals surface area contributed by atoms with E-state index in [0.29, 0.717) is 17.2 Å². The summed E-state index contributed by atoms with van der Waals surface area (Å²) in [6, 6.07) is 29.8. The van der Waals surface area contributed by atoms with Gasteiger partial charge < -0.3 is 19.3 Å². The third-order valence-electron chi connectivity index (χ3n) is 5.83. The van der Waals surface area contributed by atoms with Crippen LogP contribution in [0.4, 0.5) is 0 Å². The van der Waals surface area contributed by atoms with Gasteiger partial charge in [-0.2, -0.15) is 0 Å². The van der Waals surface area contributed by atoms with E-state index in [1.165, 1.54) is 16.7 Å². The third kappa shape index (κ3) is 6.32. The molecule has 0 unspecified atom stereocenters. The second kappa shape index (κ2) is 11.3. The van der Waals surface area contributed by atoms with Crippen LogP contribution in [0, 0.1) is 0 Å². The van der Waals surface area contributed by atoms with Crippen LogP contribution in [-0.4, -0.2) is 19.3 Å². The lowest BCUT2D eigenvalue weighted by Crippen LogP contribution is -1.96. The molecule has 0 spiro atoms. The van der Waals surface area contributed by atoms with Crippen LogP contribution >= 0.6 is 0 Å². The molecule has 0 bridgehead atoms. The summed E-state index contributed by atoms with van der Waals surface area (Å²) < 4.78 is 17.0. The molecule has 0 fully saturated rings. The monoisotopic (exact) mass is 454 g/mol. The Morgan fingerprint density at radius 1 is 0.529 bits per heavy atom. The SMILES string of the molecule is COc1ccc(CCc2ccc(OC)c(Oc3cccc(CCc4cccc(O)c4)c3)c2)cc1. The van der Waals surface area contributed by atoms with Crippen LogP contribution in [0.3, 0.4) is 0 Å². The molecule has 0 atom stereocenters. The molecule has 1 N–H and O–H groups in total. The number of aryl methyl sites for hydroxylation is 4. The van der Waals surface area contributed by atoms with Crippen LogP contribution in [-0.2, 0) is 25.7 Å². The molecule has 4 nitrogen and oxygen atoms in total. The molecule has 4 heteroatoms. The molecule has 4 rings (SSSR count). The first-order chi connectivity index (χ1) is 16.6. The number of rotatable bonds is 10. The van der Waals surface area contributed by atoms with Crippen LogP contribution in [0.15, 0.2) is 91.0 Å². The molecular formula is C30H30O4. The maximum atomic E-state index is 9.68. The van der Waals surface area contributed by atoms with Crippen molar-refractivity contribution in [3.63, 3.8) is 0 Å². The Kier molecular flexibility index (Phi) is 7.71. The first-order valence-electron chi connectivity index (χ1n) is 11.5. The molecule has 0 aliphatic heterocycles. The highest BCUT2D eigenvalue weighted by atomic mass is 16.5. The van der Waals surface area contributed by atoms with E-state index in [1.807, 2.05) is 48.5 Å². The zero-order chi connectivity index (χ0) is 23.8. The van der Waals surface area contributed by atoms with E-state index in [1.54, 1.807) is 20.3 Å². The van der Waals surface area contributed by atoms with Gasteiger partial charge >= 0.3 is 0 Å². The summed E-state index contributed by atoms with van der Waals surface area (Å²) >= 11 is 0. The lowest BCUT2D eigenvalue weighted by Gasteiger charge is -2.13. The van der Waals surface area contributed by atoms with E-state index < -0.39 is 0 Å². The summed E-state index contributed by atoms with van der Waals surface area (Å²) in [7, 11) is 3.34. The highest BCUT2D eigenvalue weighted by molar-refractivity contribution is 5.46. The molecule has 4 aromatic carbocycles. The van der Waals surface area contributed by atoms with Crippen LogP contribution < -0.4 is 14.2 Å². The Morgan fingerprint density at radius 3 is 1.82 bits per heavy atom. The molecule has 0 radical (unpaired) electrons. The van der Waals surface area contributed by atoms with Gasteiger partial charge in [-0.1, -0.05) is 42.5 Å². The third-order valence-corrected chi connectivity index (χ3v) is 5.83. The molecule has 0 saturated carbocycles. The van der Waals surface area contributed by atoms with E-state index in [4.69, 9.17) is 14.2 Å². The van der Waals surface area contributed by atoms with Crippen LogP contribution in [0.25, 0.3) is 0 Å². The second-order valence-electron chi connectivity index (χ2n) is 8.25. The van der Waals surface area contributed by atoms with Crippen LogP contribution in [0.5, 0.6) is 28.7 Å². The number of hydrogen-bond donors (Lipinski definition) is 1. The van der Waals surface area contributed by atoms with Gasteiger partial charge in [0.05, 0.1) is 14.2 Å². The zero-order valence-corrected chi connectivity index (χ0v) is 19.7. The molecule has 0 aromatic heterocycles. The fraction of sp³-hybridized carbons (Fsp3) is 0.200. The van der Waals surface area contributed by atoms with Crippen molar-refractivity contribution in [3.8, 4) is 28.7 Å². The van der Waals surface area contributed by atoms with Gasteiger partial charge in [0.25, 0.3) is 0 Å². The van der Waals surface area contributed by atoms with Gasteiger partial charge in [-0.25, -0.2) is 0 Å². The number of hydrogen-bond acceptors (Lipinski definition) is 4. The molecule has 4 aromatic rings. The zero-order valence-electron chi connectivity index (χ0n) is 19.7. The predicted molar refractivity (Wildman–Crippen MR) is 135 cm³/mol. The molecule has 0 amide bonds. The van der Waals surface area contributed by atoms with E-state index in [0.717, 1.165) is 42.7 Å². The number of benzene rings is 4. The molecule has 174 valence electrons. The van der Waals surface area contributed by atoms with Crippen molar-refractivity contribution in [3.05, 3.63) is 113 Å².